The van der Waals surface area contributed by atoms with Crippen molar-refractivity contribution in [1.82, 2.24) is 9.88 Å². The Bertz CT molecular complexity index is 1270. The van der Waals surface area contributed by atoms with Crippen molar-refractivity contribution in [2.24, 2.45) is 0 Å². The van der Waals surface area contributed by atoms with Crippen LogP contribution < -0.4 is 10.6 Å². The number of halogens is 1. The summed E-state index contributed by atoms with van der Waals surface area (Å²) in [5.74, 6) is -1.05. The molecule has 0 bridgehead atoms. The van der Waals surface area contributed by atoms with E-state index in [1.807, 2.05) is 13.0 Å². The van der Waals surface area contributed by atoms with Crippen molar-refractivity contribution >= 4 is 46.3 Å². The van der Waals surface area contributed by atoms with Crippen molar-refractivity contribution in [2.45, 2.75) is 20.4 Å². The van der Waals surface area contributed by atoms with E-state index in [0.717, 1.165) is 11.1 Å². The first kappa shape index (κ1) is 22.2. The molecule has 33 heavy (non-hydrogen) atoms. The predicted molar refractivity (Wildman–Crippen MR) is 127 cm³/mol. The number of aromatic nitrogens is 1. The van der Waals surface area contributed by atoms with Crippen LogP contribution in [0, 0.1) is 6.92 Å². The molecule has 2 aromatic carbocycles. The summed E-state index contributed by atoms with van der Waals surface area (Å²) in [5, 5.41) is 6.34. The van der Waals surface area contributed by atoms with E-state index in [-0.39, 0.29) is 23.7 Å². The normalized spacial score (nSPS) is 13.5. The zero-order valence-corrected chi connectivity index (χ0v) is 18.8. The Balaban J connectivity index is 1.73. The Hall–Kier alpha value is -3.97. The van der Waals surface area contributed by atoms with Gasteiger partial charge in [-0.2, -0.15) is 0 Å². The molecule has 2 heterocycles. The van der Waals surface area contributed by atoms with Gasteiger partial charge >= 0.3 is 0 Å². The van der Waals surface area contributed by atoms with Crippen molar-refractivity contribution in [3.8, 4) is 0 Å². The second kappa shape index (κ2) is 9.26. The number of carbonyl (C=O) groups is 3. The summed E-state index contributed by atoms with van der Waals surface area (Å²) in [6.07, 6.45) is 3.23. The molecular weight excluding hydrogens is 440 g/mol. The van der Waals surface area contributed by atoms with Crippen molar-refractivity contribution in [3.63, 3.8) is 0 Å². The quantitative estimate of drug-likeness (QED) is 0.532. The van der Waals surface area contributed by atoms with Gasteiger partial charge in [-0.15, -0.1) is 0 Å². The highest BCUT2D eigenvalue weighted by molar-refractivity contribution is 6.36. The Kier molecular flexibility index (Phi) is 6.24. The summed E-state index contributed by atoms with van der Waals surface area (Å²) in [7, 11) is 0. The van der Waals surface area contributed by atoms with E-state index in [1.54, 1.807) is 60.9 Å². The summed E-state index contributed by atoms with van der Waals surface area (Å²) < 4.78 is 0. The van der Waals surface area contributed by atoms with Crippen molar-refractivity contribution in [1.29, 1.82) is 0 Å². The maximum Gasteiger partial charge on any atom is 0.278 e. The van der Waals surface area contributed by atoms with Gasteiger partial charge in [0, 0.05) is 35.7 Å². The molecule has 0 radical (unpaired) electrons. The van der Waals surface area contributed by atoms with E-state index in [0.29, 0.717) is 22.0 Å². The number of anilines is 2. The lowest BCUT2D eigenvalue weighted by atomic mass is 10.0. The minimum Gasteiger partial charge on any atom is -0.350 e. The van der Waals surface area contributed by atoms with Gasteiger partial charge in [0.05, 0.1) is 12.1 Å². The fraction of sp³-hybridized carbons (Fsp3) is 0.120. The first-order chi connectivity index (χ1) is 15.8. The van der Waals surface area contributed by atoms with E-state index in [9.17, 15) is 14.4 Å². The number of nitrogens with one attached hydrogen (secondary N) is 2. The number of benzene rings is 2. The molecule has 3 aromatic rings. The standard InChI is InChI=1S/C25H21ClN4O3/c1-15-3-6-20(13-21(15)26)29-23-22(18-4-7-19(8-5-18)28-16(2)31)24(32)30(25(23)33)14-17-9-11-27-12-10-17/h3-13,29H,14H2,1-2H3,(H,28,31). The molecule has 0 saturated carbocycles. The van der Waals surface area contributed by atoms with Crippen LogP contribution in [0.4, 0.5) is 11.4 Å². The molecule has 0 fully saturated rings. The second-order valence-corrected chi connectivity index (χ2v) is 8.06. The molecule has 4 rings (SSSR count). The minimum atomic E-state index is -0.436. The second-order valence-electron chi connectivity index (χ2n) is 7.65. The van der Waals surface area contributed by atoms with Crippen LogP contribution in [0.5, 0.6) is 0 Å². The van der Waals surface area contributed by atoms with Crippen LogP contribution in [0.2, 0.25) is 5.02 Å². The van der Waals surface area contributed by atoms with Gasteiger partial charge in [-0.1, -0.05) is 29.8 Å². The number of amides is 3. The number of nitrogens with zero attached hydrogens (tertiary/aromatic N) is 2. The average Bonchev–Trinajstić information content (AvgIpc) is 3.01. The molecule has 166 valence electrons. The van der Waals surface area contributed by atoms with E-state index in [1.165, 1.54) is 11.8 Å². The van der Waals surface area contributed by atoms with E-state index in [2.05, 4.69) is 15.6 Å². The highest BCUT2D eigenvalue weighted by atomic mass is 35.5. The predicted octanol–water partition coefficient (Wildman–Crippen LogP) is 4.39. The van der Waals surface area contributed by atoms with Gasteiger partial charge in [0.2, 0.25) is 5.91 Å². The van der Waals surface area contributed by atoms with Gasteiger partial charge in [0.15, 0.2) is 0 Å². The minimum absolute atomic E-state index is 0.119. The van der Waals surface area contributed by atoms with Crippen LogP contribution in [0.1, 0.15) is 23.6 Å². The van der Waals surface area contributed by atoms with Crippen molar-refractivity contribution in [3.05, 3.63) is 94.4 Å². The summed E-state index contributed by atoms with van der Waals surface area (Å²) in [6, 6.07) is 15.6. The molecule has 0 spiro atoms. The lowest BCUT2D eigenvalue weighted by molar-refractivity contribution is -0.137. The third-order valence-electron chi connectivity index (χ3n) is 5.19. The van der Waals surface area contributed by atoms with Gasteiger partial charge in [-0.3, -0.25) is 24.3 Å². The lowest BCUT2D eigenvalue weighted by Crippen LogP contribution is -2.32. The number of imide groups is 1. The molecule has 1 aromatic heterocycles. The number of rotatable bonds is 6. The first-order valence-electron chi connectivity index (χ1n) is 10.2. The van der Waals surface area contributed by atoms with Crippen LogP contribution in [0.25, 0.3) is 5.57 Å². The summed E-state index contributed by atoms with van der Waals surface area (Å²) >= 11 is 6.25. The zero-order chi connectivity index (χ0) is 23.5. The third-order valence-corrected chi connectivity index (χ3v) is 5.60. The molecule has 3 amide bonds. The molecule has 0 aliphatic carbocycles. The lowest BCUT2D eigenvalue weighted by Gasteiger charge is -2.15. The van der Waals surface area contributed by atoms with Gasteiger partial charge in [0.25, 0.3) is 11.8 Å². The highest BCUT2D eigenvalue weighted by Gasteiger charge is 2.39. The average molecular weight is 461 g/mol. The molecular formula is C25H21ClN4O3. The van der Waals surface area contributed by atoms with Crippen LogP contribution in [0.3, 0.4) is 0 Å². The number of aryl methyl sites for hydroxylation is 1. The van der Waals surface area contributed by atoms with E-state index in [4.69, 9.17) is 11.6 Å². The van der Waals surface area contributed by atoms with Crippen LogP contribution in [-0.4, -0.2) is 27.6 Å². The van der Waals surface area contributed by atoms with Crippen LogP contribution >= 0.6 is 11.6 Å². The highest BCUT2D eigenvalue weighted by Crippen LogP contribution is 2.33. The molecule has 0 atom stereocenters. The Labute approximate surface area is 196 Å². The van der Waals surface area contributed by atoms with Gasteiger partial charge < -0.3 is 10.6 Å². The number of carbonyl (C=O) groups excluding carboxylic acids is 3. The fourth-order valence-electron chi connectivity index (χ4n) is 3.51. The molecule has 0 saturated heterocycles. The van der Waals surface area contributed by atoms with Crippen molar-refractivity contribution < 1.29 is 14.4 Å². The molecule has 2 N–H and O–H groups in total. The van der Waals surface area contributed by atoms with Crippen LogP contribution in [0.15, 0.2) is 72.7 Å². The summed E-state index contributed by atoms with van der Waals surface area (Å²) in [6.45, 7) is 3.42. The maximum absolute atomic E-state index is 13.4. The van der Waals surface area contributed by atoms with Crippen molar-refractivity contribution in [2.75, 3.05) is 10.6 Å². The Morgan fingerprint density at radius 3 is 2.27 bits per heavy atom. The molecule has 1 aliphatic heterocycles. The molecule has 0 unspecified atom stereocenters. The molecule has 1 aliphatic rings. The monoisotopic (exact) mass is 460 g/mol. The molecule has 7 nitrogen and oxygen atoms in total. The fourth-order valence-corrected chi connectivity index (χ4v) is 3.69. The van der Waals surface area contributed by atoms with E-state index >= 15 is 0 Å². The summed E-state index contributed by atoms with van der Waals surface area (Å²) in [4.78, 5) is 43.3. The largest absolute Gasteiger partial charge is 0.350 e. The number of pyridine rings is 1. The maximum atomic E-state index is 13.4. The first-order valence-corrected chi connectivity index (χ1v) is 10.6. The Morgan fingerprint density at radius 2 is 1.64 bits per heavy atom. The SMILES string of the molecule is CC(=O)Nc1ccc(C2=C(Nc3ccc(C)c(Cl)c3)C(=O)N(Cc3ccncc3)C2=O)cc1. The van der Waals surface area contributed by atoms with E-state index < -0.39 is 11.8 Å². The third kappa shape index (κ3) is 4.78. The zero-order valence-electron chi connectivity index (χ0n) is 18.1. The van der Waals surface area contributed by atoms with Crippen LogP contribution in [-0.2, 0) is 20.9 Å². The smallest absolute Gasteiger partial charge is 0.278 e. The number of hydrogen-bond acceptors (Lipinski definition) is 5. The van der Waals surface area contributed by atoms with Gasteiger partial charge in [-0.25, -0.2) is 0 Å². The summed E-state index contributed by atoms with van der Waals surface area (Å²) in [5.41, 5.74) is 3.85. The molecule has 8 heteroatoms. The van der Waals surface area contributed by atoms with Gasteiger partial charge in [0.1, 0.15) is 5.70 Å². The Morgan fingerprint density at radius 1 is 0.970 bits per heavy atom. The number of hydrogen-bond donors (Lipinski definition) is 2. The topological polar surface area (TPSA) is 91.4 Å². The van der Waals surface area contributed by atoms with Gasteiger partial charge in [-0.05, 0) is 60.0 Å².